The first-order valence-corrected chi connectivity index (χ1v) is 4.78. The normalized spacial score (nSPS) is 14.7. The zero-order valence-corrected chi connectivity index (χ0v) is 8.91. The molecular weight excluding hydrogens is 214 g/mol. The molecule has 0 bridgehead atoms. The number of aromatic nitrogens is 2. The molecule has 4 N–H and O–H groups in total. The molecule has 2 atom stereocenters. The largest absolute Gasteiger partial charge is 0.394 e. The van der Waals surface area contributed by atoms with E-state index < -0.39 is 17.9 Å². The van der Waals surface area contributed by atoms with E-state index in [2.05, 4.69) is 4.98 Å². The summed E-state index contributed by atoms with van der Waals surface area (Å²) in [4.78, 5) is 14.8. The number of rotatable bonds is 5. The van der Waals surface area contributed by atoms with Gasteiger partial charge in [0.05, 0.1) is 12.7 Å². The molecule has 0 fully saturated rings. The molecule has 1 rings (SSSR count). The van der Waals surface area contributed by atoms with Crippen molar-refractivity contribution in [3.8, 4) is 0 Å². The van der Waals surface area contributed by atoms with Crippen LogP contribution < -0.4 is 11.4 Å². The maximum Gasteiger partial charge on any atom is 0.351 e. The van der Waals surface area contributed by atoms with Gasteiger partial charge in [0.1, 0.15) is 18.7 Å². The molecule has 0 unspecified atom stereocenters. The van der Waals surface area contributed by atoms with Gasteiger partial charge in [0, 0.05) is 6.20 Å². The van der Waals surface area contributed by atoms with Crippen molar-refractivity contribution in [1.82, 2.24) is 9.55 Å². The van der Waals surface area contributed by atoms with Crippen LogP contribution in [0.4, 0.5) is 5.82 Å². The highest BCUT2D eigenvalue weighted by Gasteiger charge is 2.14. The number of nitrogens with zero attached hydrogens (tertiary/aromatic N) is 2. The number of nitrogen functional groups attached to an aromatic ring is 1. The summed E-state index contributed by atoms with van der Waals surface area (Å²) < 4.78 is 6.32. The second kappa shape index (κ2) is 5.59. The molecule has 0 saturated carbocycles. The first-order valence-electron chi connectivity index (χ1n) is 4.78. The Morgan fingerprint density at radius 3 is 2.88 bits per heavy atom. The van der Waals surface area contributed by atoms with Crippen LogP contribution in [0, 0.1) is 0 Å². The van der Waals surface area contributed by atoms with Crippen LogP contribution in [0.15, 0.2) is 17.1 Å². The van der Waals surface area contributed by atoms with Gasteiger partial charge in [-0.15, -0.1) is 0 Å². The van der Waals surface area contributed by atoms with E-state index >= 15 is 0 Å². The highest BCUT2D eigenvalue weighted by atomic mass is 16.5. The Kier molecular flexibility index (Phi) is 4.41. The fraction of sp³-hybridized carbons (Fsp3) is 0.556. The molecule has 1 aromatic rings. The van der Waals surface area contributed by atoms with E-state index in [1.165, 1.54) is 23.8 Å². The topological polar surface area (TPSA) is 111 Å². The molecule has 90 valence electrons. The van der Waals surface area contributed by atoms with Gasteiger partial charge >= 0.3 is 5.69 Å². The van der Waals surface area contributed by atoms with Crippen molar-refractivity contribution < 1.29 is 14.9 Å². The van der Waals surface area contributed by atoms with E-state index in [9.17, 15) is 9.90 Å². The molecule has 7 nitrogen and oxygen atoms in total. The fourth-order valence-electron chi connectivity index (χ4n) is 1.06. The van der Waals surface area contributed by atoms with Gasteiger partial charge in [-0.2, -0.15) is 4.98 Å². The lowest BCUT2D eigenvalue weighted by molar-refractivity contribution is -0.0823. The van der Waals surface area contributed by atoms with Gasteiger partial charge in [0.25, 0.3) is 0 Å². The number of aliphatic hydroxyl groups is 2. The minimum atomic E-state index is -0.817. The third kappa shape index (κ3) is 3.30. The van der Waals surface area contributed by atoms with Crippen molar-refractivity contribution in [2.24, 2.45) is 0 Å². The van der Waals surface area contributed by atoms with Gasteiger partial charge in [-0.1, -0.05) is 0 Å². The van der Waals surface area contributed by atoms with E-state index in [0.29, 0.717) is 0 Å². The van der Waals surface area contributed by atoms with Crippen LogP contribution in [0.2, 0.25) is 0 Å². The molecule has 7 heteroatoms. The van der Waals surface area contributed by atoms with E-state index in [1.54, 1.807) is 0 Å². The average molecular weight is 229 g/mol. The summed E-state index contributed by atoms with van der Waals surface area (Å²) in [6.45, 7) is 1.07. The second-order valence-corrected chi connectivity index (χ2v) is 3.36. The SMILES string of the molecule is C[C@H](O)[C@@H](CO)OCn1ccc(N)nc1=O. The quantitative estimate of drug-likeness (QED) is 0.569. The molecule has 0 aliphatic heterocycles. The predicted molar refractivity (Wildman–Crippen MR) is 56.5 cm³/mol. The minimum absolute atomic E-state index is 0.0950. The highest BCUT2D eigenvalue weighted by Crippen LogP contribution is 1.99. The third-order valence-electron chi connectivity index (χ3n) is 2.04. The van der Waals surface area contributed by atoms with Crippen LogP contribution in [0.3, 0.4) is 0 Å². The van der Waals surface area contributed by atoms with E-state index in [4.69, 9.17) is 15.6 Å². The van der Waals surface area contributed by atoms with Crippen molar-refractivity contribution in [2.75, 3.05) is 12.3 Å². The number of hydrogen-bond acceptors (Lipinski definition) is 6. The van der Waals surface area contributed by atoms with Gasteiger partial charge in [-0.25, -0.2) is 4.79 Å². The standard InChI is InChI=1S/C9H15N3O4/c1-6(14)7(4-13)16-5-12-3-2-8(10)11-9(12)15/h2-3,6-7,13-14H,4-5H2,1H3,(H2,10,11,15)/t6-,7+/m0/s1. The zero-order valence-electron chi connectivity index (χ0n) is 8.91. The Balaban J connectivity index is 2.64. The van der Waals surface area contributed by atoms with E-state index in [0.717, 1.165) is 0 Å². The Labute approximate surface area is 92.1 Å². The van der Waals surface area contributed by atoms with Crippen LogP contribution in [0.5, 0.6) is 0 Å². The Hall–Kier alpha value is -1.44. The van der Waals surface area contributed by atoms with Gasteiger partial charge in [-0.3, -0.25) is 4.57 Å². The molecule has 0 amide bonds. The van der Waals surface area contributed by atoms with Gasteiger partial charge in [0.2, 0.25) is 0 Å². The van der Waals surface area contributed by atoms with Crippen LogP contribution >= 0.6 is 0 Å². The molecule has 0 aromatic carbocycles. The molecule has 16 heavy (non-hydrogen) atoms. The Morgan fingerprint density at radius 1 is 1.69 bits per heavy atom. The van der Waals surface area contributed by atoms with Gasteiger partial charge in [0.15, 0.2) is 0 Å². The Bertz CT molecular complexity index is 391. The van der Waals surface area contributed by atoms with Crippen molar-refractivity contribution in [3.05, 3.63) is 22.7 Å². The minimum Gasteiger partial charge on any atom is -0.394 e. The van der Waals surface area contributed by atoms with Crippen molar-refractivity contribution in [3.63, 3.8) is 0 Å². The molecule has 1 aromatic heterocycles. The third-order valence-corrected chi connectivity index (χ3v) is 2.04. The van der Waals surface area contributed by atoms with E-state index in [-0.39, 0.29) is 19.2 Å². The number of ether oxygens (including phenoxy) is 1. The lowest BCUT2D eigenvalue weighted by atomic mass is 10.2. The lowest BCUT2D eigenvalue weighted by Crippen LogP contribution is -2.33. The van der Waals surface area contributed by atoms with Crippen LogP contribution in [-0.4, -0.2) is 38.6 Å². The lowest BCUT2D eigenvalue weighted by Gasteiger charge is -2.18. The molecule has 0 aliphatic carbocycles. The maximum absolute atomic E-state index is 11.3. The van der Waals surface area contributed by atoms with Crippen molar-refractivity contribution in [1.29, 1.82) is 0 Å². The molecular formula is C9H15N3O4. The van der Waals surface area contributed by atoms with Gasteiger partial charge < -0.3 is 20.7 Å². The summed E-state index contributed by atoms with van der Waals surface area (Å²) in [5, 5.41) is 18.1. The molecule has 0 spiro atoms. The first kappa shape index (κ1) is 12.6. The van der Waals surface area contributed by atoms with Crippen molar-refractivity contribution >= 4 is 5.82 Å². The molecule has 1 heterocycles. The predicted octanol–water partition coefficient (Wildman–Crippen LogP) is -1.46. The van der Waals surface area contributed by atoms with E-state index in [1.807, 2.05) is 0 Å². The fourth-order valence-corrected chi connectivity index (χ4v) is 1.06. The summed E-state index contributed by atoms with van der Waals surface area (Å²) in [7, 11) is 0. The summed E-state index contributed by atoms with van der Waals surface area (Å²) in [6, 6.07) is 1.46. The van der Waals surface area contributed by atoms with Crippen LogP contribution in [-0.2, 0) is 11.5 Å². The molecule has 0 radical (unpaired) electrons. The smallest absolute Gasteiger partial charge is 0.351 e. The highest BCUT2D eigenvalue weighted by molar-refractivity contribution is 5.23. The monoisotopic (exact) mass is 229 g/mol. The summed E-state index contributed by atoms with van der Waals surface area (Å²) >= 11 is 0. The van der Waals surface area contributed by atoms with Gasteiger partial charge in [-0.05, 0) is 13.0 Å². The van der Waals surface area contributed by atoms with Crippen LogP contribution in [0.1, 0.15) is 6.92 Å². The second-order valence-electron chi connectivity index (χ2n) is 3.36. The number of aliphatic hydroxyl groups excluding tert-OH is 2. The van der Waals surface area contributed by atoms with Crippen LogP contribution in [0.25, 0.3) is 0 Å². The number of nitrogens with two attached hydrogens (primary N) is 1. The zero-order chi connectivity index (χ0) is 12.1. The Morgan fingerprint density at radius 2 is 2.38 bits per heavy atom. The van der Waals surface area contributed by atoms with Crippen molar-refractivity contribution in [2.45, 2.75) is 25.9 Å². The number of hydrogen-bond donors (Lipinski definition) is 3. The molecule has 0 saturated heterocycles. The summed E-state index contributed by atoms with van der Waals surface area (Å²) in [5.74, 6) is 0.135. The maximum atomic E-state index is 11.3. The average Bonchev–Trinajstić information content (AvgIpc) is 2.21. The molecule has 0 aliphatic rings. The summed E-state index contributed by atoms with van der Waals surface area (Å²) in [5.41, 5.74) is 4.77. The first-order chi connectivity index (χ1) is 7.54. The number of anilines is 1. The summed E-state index contributed by atoms with van der Waals surface area (Å²) in [6.07, 6.45) is -0.117.